The van der Waals surface area contributed by atoms with Crippen molar-refractivity contribution in [1.82, 2.24) is 0 Å². The second kappa shape index (κ2) is 7.73. The van der Waals surface area contributed by atoms with Crippen LogP contribution in [0.5, 0.6) is 0 Å². The molecule has 0 atom stereocenters. The summed E-state index contributed by atoms with van der Waals surface area (Å²) in [5, 5.41) is 9.39. The topological polar surface area (TPSA) is 36.4 Å². The van der Waals surface area contributed by atoms with Crippen molar-refractivity contribution in [3.8, 4) is 0 Å². The van der Waals surface area contributed by atoms with Crippen LogP contribution in [0.1, 0.15) is 18.9 Å². The maximum absolute atomic E-state index is 6.10. The molecule has 0 fully saturated rings. The van der Waals surface area contributed by atoms with Gasteiger partial charge in [-0.2, -0.15) is 5.10 Å². The van der Waals surface area contributed by atoms with Crippen LogP contribution in [0.2, 0.25) is 15.1 Å². The molecule has 0 saturated heterocycles. The standard InChI is InChI=1S/C16H16Cl3N3/c1-3-15(14-9-10(17)4-5-16(14)20-2)22-21-13-7-11(18)6-12(19)8-13/h4-9,20-21H,3H2,1-2H3/b22-15+. The lowest BCUT2D eigenvalue weighted by Crippen LogP contribution is -2.07. The molecule has 0 amide bonds. The number of hydrogen-bond acceptors (Lipinski definition) is 3. The van der Waals surface area contributed by atoms with Gasteiger partial charge < -0.3 is 5.32 Å². The fraction of sp³-hybridized carbons (Fsp3) is 0.188. The minimum absolute atomic E-state index is 0.557. The van der Waals surface area contributed by atoms with E-state index >= 15 is 0 Å². The first-order chi connectivity index (χ1) is 10.5. The van der Waals surface area contributed by atoms with Gasteiger partial charge in [-0.25, -0.2) is 0 Å². The highest BCUT2D eigenvalue weighted by atomic mass is 35.5. The highest BCUT2D eigenvalue weighted by Gasteiger charge is 2.08. The van der Waals surface area contributed by atoms with E-state index in [0.29, 0.717) is 15.1 Å². The Labute approximate surface area is 145 Å². The van der Waals surface area contributed by atoms with E-state index in [4.69, 9.17) is 34.8 Å². The lowest BCUT2D eigenvalue weighted by atomic mass is 10.1. The Bertz CT molecular complexity index is 679. The van der Waals surface area contributed by atoms with Crippen molar-refractivity contribution in [3.05, 3.63) is 57.0 Å². The first kappa shape index (κ1) is 16.9. The molecule has 0 heterocycles. The molecule has 0 aliphatic rings. The zero-order chi connectivity index (χ0) is 16.1. The molecule has 2 aromatic rings. The van der Waals surface area contributed by atoms with Gasteiger partial charge in [-0.05, 0) is 42.8 Å². The summed E-state index contributed by atoms with van der Waals surface area (Å²) in [6.45, 7) is 2.03. The third-order valence-electron chi connectivity index (χ3n) is 3.08. The molecule has 0 spiro atoms. The molecule has 3 nitrogen and oxygen atoms in total. The molecule has 0 saturated carbocycles. The Balaban J connectivity index is 2.33. The maximum atomic E-state index is 6.10. The quantitative estimate of drug-likeness (QED) is 0.515. The number of hydrazone groups is 1. The van der Waals surface area contributed by atoms with Gasteiger partial charge in [0, 0.05) is 33.4 Å². The van der Waals surface area contributed by atoms with Crippen LogP contribution in [0, 0.1) is 0 Å². The number of halogens is 3. The summed E-state index contributed by atoms with van der Waals surface area (Å²) in [4.78, 5) is 0. The van der Waals surface area contributed by atoms with E-state index in [9.17, 15) is 0 Å². The third-order valence-corrected chi connectivity index (χ3v) is 3.75. The van der Waals surface area contributed by atoms with Crippen LogP contribution >= 0.6 is 34.8 Å². The maximum Gasteiger partial charge on any atom is 0.0697 e. The van der Waals surface area contributed by atoms with Gasteiger partial charge in [0.2, 0.25) is 0 Å². The van der Waals surface area contributed by atoms with Crippen LogP contribution in [-0.4, -0.2) is 12.8 Å². The SMILES string of the molecule is CC/C(=N\Nc1cc(Cl)cc(Cl)c1)c1cc(Cl)ccc1NC. The number of rotatable bonds is 5. The predicted molar refractivity (Wildman–Crippen MR) is 97.9 cm³/mol. The Morgan fingerprint density at radius 1 is 1.00 bits per heavy atom. The van der Waals surface area contributed by atoms with Crippen molar-refractivity contribution in [2.24, 2.45) is 5.10 Å². The van der Waals surface area contributed by atoms with Crippen LogP contribution in [0.15, 0.2) is 41.5 Å². The Hall–Kier alpha value is -1.42. The smallest absolute Gasteiger partial charge is 0.0697 e. The summed E-state index contributed by atoms with van der Waals surface area (Å²) < 4.78 is 0. The molecular formula is C16H16Cl3N3. The van der Waals surface area contributed by atoms with E-state index in [1.54, 1.807) is 18.2 Å². The molecule has 0 aliphatic carbocycles. The van der Waals surface area contributed by atoms with Crippen LogP contribution in [0.3, 0.4) is 0 Å². The van der Waals surface area contributed by atoms with Crippen molar-refractivity contribution in [2.75, 3.05) is 17.8 Å². The predicted octanol–water partition coefficient (Wildman–Crippen LogP) is 5.91. The Morgan fingerprint density at radius 3 is 2.27 bits per heavy atom. The van der Waals surface area contributed by atoms with E-state index < -0.39 is 0 Å². The van der Waals surface area contributed by atoms with E-state index in [-0.39, 0.29) is 0 Å². The summed E-state index contributed by atoms with van der Waals surface area (Å²) in [7, 11) is 1.87. The van der Waals surface area contributed by atoms with Crippen LogP contribution < -0.4 is 10.7 Å². The number of nitrogens with zero attached hydrogens (tertiary/aromatic N) is 1. The number of anilines is 2. The largest absolute Gasteiger partial charge is 0.388 e. The van der Waals surface area contributed by atoms with Gasteiger partial charge in [0.15, 0.2) is 0 Å². The van der Waals surface area contributed by atoms with Gasteiger partial charge in [-0.3, -0.25) is 5.43 Å². The monoisotopic (exact) mass is 355 g/mol. The number of hydrogen-bond donors (Lipinski definition) is 2. The highest BCUT2D eigenvalue weighted by molar-refractivity contribution is 6.35. The fourth-order valence-corrected chi connectivity index (χ4v) is 2.75. The van der Waals surface area contributed by atoms with E-state index in [1.807, 2.05) is 32.2 Å². The normalized spacial score (nSPS) is 11.4. The van der Waals surface area contributed by atoms with Gasteiger partial charge in [0.05, 0.1) is 11.4 Å². The van der Waals surface area contributed by atoms with Crippen LogP contribution in [0.4, 0.5) is 11.4 Å². The summed E-state index contributed by atoms with van der Waals surface area (Å²) in [6, 6.07) is 10.9. The van der Waals surface area contributed by atoms with Crippen molar-refractivity contribution >= 4 is 51.9 Å². The summed E-state index contributed by atoms with van der Waals surface area (Å²) >= 11 is 18.1. The molecule has 116 valence electrons. The minimum atomic E-state index is 0.557. The van der Waals surface area contributed by atoms with Gasteiger partial charge in [0.25, 0.3) is 0 Å². The van der Waals surface area contributed by atoms with E-state index in [1.165, 1.54) is 0 Å². The molecule has 2 rings (SSSR count). The van der Waals surface area contributed by atoms with E-state index in [0.717, 1.165) is 29.1 Å². The summed E-state index contributed by atoms with van der Waals surface area (Å²) in [6.07, 6.45) is 0.746. The molecule has 22 heavy (non-hydrogen) atoms. The molecule has 0 unspecified atom stereocenters. The average Bonchev–Trinajstić information content (AvgIpc) is 2.47. The molecule has 0 radical (unpaired) electrons. The summed E-state index contributed by atoms with van der Waals surface area (Å²) in [5.74, 6) is 0. The highest BCUT2D eigenvalue weighted by Crippen LogP contribution is 2.24. The average molecular weight is 357 g/mol. The van der Waals surface area contributed by atoms with Crippen LogP contribution in [-0.2, 0) is 0 Å². The van der Waals surface area contributed by atoms with Crippen LogP contribution in [0.25, 0.3) is 0 Å². The number of nitrogens with one attached hydrogen (secondary N) is 2. The zero-order valence-electron chi connectivity index (χ0n) is 12.3. The van der Waals surface area contributed by atoms with E-state index in [2.05, 4.69) is 15.8 Å². The first-order valence-corrected chi connectivity index (χ1v) is 7.93. The van der Waals surface area contributed by atoms with Gasteiger partial charge in [-0.15, -0.1) is 0 Å². The van der Waals surface area contributed by atoms with Gasteiger partial charge in [0.1, 0.15) is 0 Å². The second-order valence-electron chi connectivity index (χ2n) is 4.62. The van der Waals surface area contributed by atoms with Crippen molar-refractivity contribution in [2.45, 2.75) is 13.3 Å². The first-order valence-electron chi connectivity index (χ1n) is 6.79. The Kier molecular flexibility index (Phi) is 5.95. The molecule has 2 aromatic carbocycles. The van der Waals surface area contributed by atoms with Crippen molar-refractivity contribution in [1.29, 1.82) is 0 Å². The molecular weight excluding hydrogens is 341 g/mol. The number of benzene rings is 2. The second-order valence-corrected chi connectivity index (χ2v) is 5.93. The van der Waals surface area contributed by atoms with Gasteiger partial charge >= 0.3 is 0 Å². The van der Waals surface area contributed by atoms with Gasteiger partial charge in [-0.1, -0.05) is 41.7 Å². The molecule has 6 heteroatoms. The van der Waals surface area contributed by atoms with Crippen molar-refractivity contribution < 1.29 is 0 Å². The minimum Gasteiger partial charge on any atom is -0.388 e. The fourth-order valence-electron chi connectivity index (χ4n) is 2.05. The van der Waals surface area contributed by atoms with Crippen molar-refractivity contribution in [3.63, 3.8) is 0 Å². The molecule has 0 aliphatic heterocycles. The zero-order valence-corrected chi connectivity index (χ0v) is 14.5. The lowest BCUT2D eigenvalue weighted by Gasteiger charge is -2.12. The lowest BCUT2D eigenvalue weighted by molar-refractivity contribution is 1.22. The molecule has 2 N–H and O–H groups in total. The third kappa shape index (κ3) is 4.29. The summed E-state index contributed by atoms with van der Waals surface area (Å²) in [5.41, 5.74) is 6.53. The Morgan fingerprint density at radius 2 is 1.68 bits per heavy atom. The molecule has 0 aromatic heterocycles. The molecule has 0 bridgehead atoms.